The van der Waals surface area contributed by atoms with Crippen LogP contribution >= 0.6 is 0 Å². The lowest BCUT2D eigenvalue weighted by molar-refractivity contribution is 0.112. The largest absolute Gasteiger partial charge is 0.543 e. The molecule has 1 heterocycles. The van der Waals surface area contributed by atoms with Crippen molar-refractivity contribution in [1.29, 1.82) is 0 Å². The van der Waals surface area contributed by atoms with E-state index in [-0.39, 0.29) is 15.6 Å². The van der Waals surface area contributed by atoms with E-state index in [1.165, 1.54) is 0 Å². The van der Waals surface area contributed by atoms with Gasteiger partial charge in [-0.05, 0) is 80.8 Å². The number of benzene rings is 2. The summed E-state index contributed by atoms with van der Waals surface area (Å²) in [6.45, 7) is 28.8. The summed E-state index contributed by atoms with van der Waals surface area (Å²) in [5.41, 5.74) is 5.24. The van der Waals surface area contributed by atoms with Crippen molar-refractivity contribution in [2.75, 3.05) is 5.32 Å². The molecule has 4 nitrogen and oxygen atoms in total. The van der Waals surface area contributed by atoms with E-state index in [9.17, 15) is 4.79 Å². The number of allylic oxidation sites excluding steroid dienone is 1. The van der Waals surface area contributed by atoms with Crippen molar-refractivity contribution in [1.82, 2.24) is 0 Å². The average molecular weight is 538 g/mol. The van der Waals surface area contributed by atoms with Gasteiger partial charge in [-0.3, -0.25) is 4.79 Å². The zero-order chi connectivity index (χ0) is 28.2. The van der Waals surface area contributed by atoms with Crippen LogP contribution in [0.4, 0.5) is 5.69 Å². The summed E-state index contributed by atoms with van der Waals surface area (Å²) >= 11 is 0. The zero-order valence-corrected chi connectivity index (χ0v) is 27.3. The lowest BCUT2D eigenvalue weighted by Crippen LogP contribution is -2.44. The predicted molar refractivity (Wildman–Crippen MR) is 164 cm³/mol. The van der Waals surface area contributed by atoms with Gasteiger partial charge in [-0.15, -0.1) is 0 Å². The van der Waals surface area contributed by atoms with Crippen LogP contribution in [-0.2, 0) is 0 Å². The molecule has 0 radical (unpaired) electrons. The smallest absolute Gasteiger partial charge is 0.250 e. The molecule has 1 N–H and O–H groups in total. The molecule has 37 heavy (non-hydrogen) atoms. The SMILES string of the molecule is CC1=CC(C)(C)Nc2ccc(-c3c(O[Si](C)(C)C(C)(C)C)cccc3O[Si](C)(C)C(C)(C)C)c(C=O)c21. The van der Waals surface area contributed by atoms with Crippen molar-refractivity contribution in [2.24, 2.45) is 0 Å². The summed E-state index contributed by atoms with van der Waals surface area (Å²) in [7, 11) is -4.35. The van der Waals surface area contributed by atoms with Crippen molar-refractivity contribution in [3.05, 3.63) is 47.5 Å². The molecule has 3 rings (SSSR count). The number of aldehydes is 1. The fourth-order valence-corrected chi connectivity index (χ4v) is 6.34. The monoisotopic (exact) mass is 537 g/mol. The standard InChI is InChI=1S/C31H47NO3Si2/c1-21-19-31(8,9)32-24-18-17-22(23(20-33)27(21)24)28-25(34-36(10,11)29(2,3)4)15-14-16-26(28)35-37(12,13)30(5,6)7/h14-20,32H,1-13H3. The molecule has 202 valence electrons. The van der Waals surface area contributed by atoms with Crippen molar-refractivity contribution in [3.8, 4) is 22.6 Å². The molecule has 0 aliphatic carbocycles. The molecule has 0 aromatic heterocycles. The van der Waals surface area contributed by atoms with Crippen LogP contribution in [0.25, 0.3) is 16.7 Å². The van der Waals surface area contributed by atoms with E-state index in [0.29, 0.717) is 5.56 Å². The highest BCUT2D eigenvalue weighted by Crippen LogP contribution is 2.49. The molecule has 0 spiro atoms. The first kappa shape index (κ1) is 29.2. The fraction of sp³-hybridized carbons (Fsp3) is 0.516. The lowest BCUT2D eigenvalue weighted by atomic mass is 9.85. The van der Waals surface area contributed by atoms with E-state index >= 15 is 0 Å². The number of carbonyl (C=O) groups excluding carboxylic acids is 1. The van der Waals surface area contributed by atoms with E-state index in [4.69, 9.17) is 8.85 Å². The highest BCUT2D eigenvalue weighted by atomic mass is 28.4. The van der Waals surface area contributed by atoms with Crippen LogP contribution in [0.2, 0.25) is 36.3 Å². The number of fused-ring (bicyclic) bond motifs is 1. The quantitative estimate of drug-likeness (QED) is 0.294. The maximum Gasteiger partial charge on any atom is 0.250 e. The summed E-state index contributed by atoms with van der Waals surface area (Å²) in [6.07, 6.45) is 3.18. The van der Waals surface area contributed by atoms with Crippen molar-refractivity contribution in [3.63, 3.8) is 0 Å². The number of hydrogen-bond acceptors (Lipinski definition) is 4. The molecular formula is C31H47NO3Si2. The molecule has 1 aliphatic rings. The second-order valence-corrected chi connectivity index (χ2v) is 23.5. The molecule has 6 heteroatoms. The number of anilines is 1. The first-order valence-corrected chi connectivity index (χ1v) is 19.1. The number of rotatable bonds is 6. The summed E-state index contributed by atoms with van der Waals surface area (Å²) in [5.74, 6) is 1.58. The molecule has 1 aliphatic heterocycles. The molecule has 0 amide bonds. The third-order valence-corrected chi connectivity index (χ3v) is 17.1. The van der Waals surface area contributed by atoms with Crippen LogP contribution < -0.4 is 14.2 Å². The molecule has 2 aromatic rings. The summed E-state index contributed by atoms with van der Waals surface area (Å²) in [6, 6.07) is 10.2. The topological polar surface area (TPSA) is 47.6 Å². The van der Waals surface area contributed by atoms with Crippen LogP contribution in [0.15, 0.2) is 36.4 Å². The van der Waals surface area contributed by atoms with E-state index in [2.05, 4.69) is 112 Å². The van der Waals surface area contributed by atoms with E-state index in [1.807, 2.05) is 18.2 Å². The summed E-state index contributed by atoms with van der Waals surface area (Å²) in [4.78, 5) is 12.8. The van der Waals surface area contributed by atoms with Gasteiger partial charge in [0.05, 0.1) is 11.1 Å². The number of carbonyl (C=O) groups is 1. The maximum atomic E-state index is 12.8. The zero-order valence-electron chi connectivity index (χ0n) is 25.3. The van der Waals surface area contributed by atoms with Crippen LogP contribution in [0.1, 0.15) is 78.2 Å². The van der Waals surface area contributed by atoms with E-state index in [0.717, 1.165) is 45.7 Å². The average Bonchev–Trinajstić information content (AvgIpc) is 2.70. The van der Waals surface area contributed by atoms with Gasteiger partial charge in [0.25, 0.3) is 16.6 Å². The minimum atomic E-state index is -2.17. The van der Waals surface area contributed by atoms with E-state index < -0.39 is 16.6 Å². The minimum Gasteiger partial charge on any atom is -0.543 e. The van der Waals surface area contributed by atoms with Gasteiger partial charge in [0.2, 0.25) is 0 Å². The summed E-state index contributed by atoms with van der Waals surface area (Å²) < 4.78 is 13.8. The van der Waals surface area contributed by atoms with Gasteiger partial charge in [0.15, 0.2) is 6.29 Å². The lowest BCUT2D eigenvalue weighted by Gasteiger charge is -2.39. The van der Waals surface area contributed by atoms with Crippen LogP contribution in [0.5, 0.6) is 11.5 Å². The first-order chi connectivity index (χ1) is 16.7. The normalized spacial score (nSPS) is 15.9. The predicted octanol–water partition coefficient (Wildman–Crippen LogP) is 9.54. The van der Waals surface area contributed by atoms with Gasteiger partial charge >= 0.3 is 0 Å². The molecule has 0 saturated carbocycles. The van der Waals surface area contributed by atoms with Gasteiger partial charge in [-0.2, -0.15) is 0 Å². The molecule has 0 saturated heterocycles. The second-order valence-electron chi connectivity index (χ2n) is 14.1. The summed E-state index contributed by atoms with van der Waals surface area (Å²) in [5, 5.41) is 3.63. The Balaban J connectivity index is 2.35. The van der Waals surface area contributed by atoms with Gasteiger partial charge < -0.3 is 14.2 Å². The Morgan fingerprint density at radius 1 is 0.811 bits per heavy atom. The van der Waals surface area contributed by atoms with Crippen molar-refractivity contribution in [2.45, 2.75) is 104 Å². The Morgan fingerprint density at radius 2 is 1.30 bits per heavy atom. The molecule has 0 unspecified atom stereocenters. The highest BCUT2D eigenvalue weighted by molar-refractivity contribution is 6.75. The van der Waals surface area contributed by atoms with Gasteiger partial charge in [-0.25, -0.2) is 0 Å². The molecule has 2 aromatic carbocycles. The maximum absolute atomic E-state index is 12.8. The van der Waals surface area contributed by atoms with E-state index in [1.54, 1.807) is 0 Å². The van der Waals surface area contributed by atoms with Gasteiger partial charge in [0.1, 0.15) is 11.5 Å². The third kappa shape index (κ3) is 5.75. The highest BCUT2D eigenvalue weighted by Gasteiger charge is 2.42. The Labute approximate surface area is 227 Å². The van der Waals surface area contributed by atoms with Gasteiger partial charge in [-0.1, -0.05) is 59.8 Å². The third-order valence-electron chi connectivity index (χ3n) is 8.39. The van der Waals surface area contributed by atoms with Gasteiger partial charge in [0, 0.05) is 22.4 Å². The Hall–Kier alpha value is -2.32. The van der Waals surface area contributed by atoms with Crippen LogP contribution in [0.3, 0.4) is 0 Å². The fourth-order valence-electron chi connectivity index (χ4n) is 4.29. The first-order valence-electron chi connectivity index (χ1n) is 13.3. The molecule has 0 atom stereocenters. The Morgan fingerprint density at radius 3 is 1.73 bits per heavy atom. The number of hydrogen-bond donors (Lipinski definition) is 1. The van der Waals surface area contributed by atoms with Crippen molar-refractivity contribution < 1.29 is 13.6 Å². The van der Waals surface area contributed by atoms with Crippen LogP contribution in [0, 0.1) is 0 Å². The molecular weight excluding hydrogens is 491 g/mol. The number of nitrogens with one attached hydrogen (secondary N) is 1. The van der Waals surface area contributed by atoms with Crippen molar-refractivity contribution >= 4 is 34.2 Å². The second kappa shape index (κ2) is 9.46. The Kier molecular flexibility index (Phi) is 7.47. The molecule has 0 bridgehead atoms. The molecule has 0 fully saturated rings. The Bertz CT molecular complexity index is 1180. The minimum absolute atomic E-state index is 0.0265. The van der Waals surface area contributed by atoms with Crippen LogP contribution in [-0.4, -0.2) is 28.5 Å².